The molecule has 4 aliphatic carbocycles. The van der Waals surface area contributed by atoms with Crippen molar-refractivity contribution >= 4 is 40.9 Å². The van der Waals surface area contributed by atoms with Gasteiger partial charge in [0.2, 0.25) is 5.91 Å². The zero-order valence-electron chi connectivity index (χ0n) is 14.0. The van der Waals surface area contributed by atoms with Crippen molar-refractivity contribution in [3.8, 4) is 0 Å². The van der Waals surface area contributed by atoms with Crippen LogP contribution in [0, 0.1) is 17.8 Å². The van der Waals surface area contributed by atoms with Crippen LogP contribution in [-0.4, -0.2) is 22.2 Å². The first kappa shape index (κ1) is 17.9. The molecule has 0 spiro atoms. The predicted octanol–water partition coefficient (Wildman–Crippen LogP) is 4.38. The van der Waals surface area contributed by atoms with Crippen molar-refractivity contribution < 1.29 is 4.79 Å². The van der Waals surface area contributed by atoms with E-state index in [1.807, 2.05) is 18.2 Å². The van der Waals surface area contributed by atoms with Gasteiger partial charge in [-0.2, -0.15) is 0 Å². The lowest BCUT2D eigenvalue weighted by atomic mass is 9.49. The minimum Gasteiger partial charge on any atom is -0.348 e. The number of amides is 1. The summed E-state index contributed by atoms with van der Waals surface area (Å²) in [5, 5.41) is 3.19. The standard InChI is InChI=1S/C19H23Cl3N2O/c20-18-7-12-6-14(9-18)16(19(21,8-12)11-18)17(24-15(25)10-23-22)13-4-2-1-3-5-13/h1-5,12,14,16-17,23H,6-11H2,(H,24,25)/t12?,14?,16-,17+,18+,19+/m1/s1. The van der Waals surface area contributed by atoms with E-state index in [0.29, 0.717) is 11.8 Å². The zero-order chi connectivity index (χ0) is 17.7. The molecule has 0 saturated heterocycles. The molecule has 0 radical (unpaired) electrons. The van der Waals surface area contributed by atoms with Crippen LogP contribution in [0.2, 0.25) is 0 Å². The number of nitrogens with one attached hydrogen (secondary N) is 2. The quantitative estimate of drug-likeness (QED) is 0.568. The van der Waals surface area contributed by atoms with E-state index in [-0.39, 0.29) is 34.2 Å². The Hall–Kier alpha value is -0.480. The van der Waals surface area contributed by atoms with Crippen LogP contribution in [0.3, 0.4) is 0 Å². The highest BCUT2D eigenvalue weighted by Crippen LogP contribution is 2.66. The van der Waals surface area contributed by atoms with Gasteiger partial charge in [-0.05, 0) is 61.3 Å². The van der Waals surface area contributed by atoms with Gasteiger partial charge in [0.05, 0.1) is 17.5 Å². The van der Waals surface area contributed by atoms with Crippen LogP contribution in [0.1, 0.15) is 43.7 Å². The first-order valence-corrected chi connectivity index (χ1v) is 10.1. The molecule has 0 heterocycles. The Morgan fingerprint density at radius 2 is 1.96 bits per heavy atom. The van der Waals surface area contributed by atoms with Crippen molar-refractivity contribution in [2.24, 2.45) is 17.8 Å². The second-order valence-electron chi connectivity index (χ2n) is 8.13. The fraction of sp³-hybridized carbons (Fsp3) is 0.632. The van der Waals surface area contributed by atoms with Crippen molar-refractivity contribution in [1.29, 1.82) is 0 Å². The lowest BCUT2D eigenvalue weighted by Gasteiger charge is -2.63. The number of rotatable bonds is 5. The van der Waals surface area contributed by atoms with Gasteiger partial charge in [-0.25, -0.2) is 4.84 Å². The van der Waals surface area contributed by atoms with Crippen molar-refractivity contribution in [1.82, 2.24) is 10.2 Å². The first-order chi connectivity index (χ1) is 11.9. The number of carbonyl (C=O) groups is 1. The summed E-state index contributed by atoms with van der Waals surface area (Å²) in [5.41, 5.74) is 1.10. The van der Waals surface area contributed by atoms with Crippen LogP contribution in [0.5, 0.6) is 0 Å². The Morgan fingerprint density at radius 1 is 1.20 bits per heavy atom. The Labute approximate surface area is 163 Å². The molecular weight excluding hydrogens is 379 g/mol. The SMILES string of the molecule is O=C(CNCl)N[C@@H](c1ccccc1)[C@H]1C2CC3C[C@](Cl)(C2)C[C@@]1(Cl)C3. The fourth-order valence-corrected chi connectivity index (χ4v) is 7.51. The normalized spacial score (nSPS) is 40.0. The zero-order valence-corrected chi connectivity index (χ0v) is 16.2. The van der Waals surface area contributed by atoms with E-state index >= 15 is 0 Å². The molecule has 5 rings (SSSR count). The number of alkyl halides is 2. The van der Waals surface area contributed by atoms with E-state index in [1.165, 1.54) is 6.42 Å². The third-order valence-electron chi connectivity index (χ3n) is 6.32. The molecule has 2 N–H and O–H groups in total. The van der Waals surface area contributed by atoms with Gasteiger partial charge in [-0.3, -0.25) is 4.79 Å². The lowest BCUT2D eigenvalue weighted by molar-refractivity contribution is -0.122. The molecule has 6 heteroatoms. The second-order valence-corrected chi connectivity index (χ2v) is 9.95. The topological polar surface area (TPSA) is 41.1 Å². The molecule has 4 saturated carbocycles. The third-order valence-corrected chi connectivity index (χ3v) is 7.44. The van der Waals surface area contributed by atoms with E-state index in [9.17, 15) is 4.79 Å². The number of carbonyl (C=O) groups excluding carboxylic acids is 1. The maximum absolute atomic E-state index is 12.3. The van der Waals surface area contributed by atoms with Crippen molar-refractivity contribution in [2.75, 3.05) is 6.54 Å². The van der Waals surface area contributed by atoms with E-state index in [2.05, 4.69) is 22.3 Å². The molecule has 0 aliphatic heterocycles. The predicted molar refractivity (Wildman–Crippen MR) is 102 cm³/mol. The van der Waals surface area contributed by atoms with Crippen LogP contribution in [0.4, 0.5) is 0 Å². The number of hydrogen-bond acceptors (Lipinski definition) is 2. The summed E-state index contributed by atoms with van der Waals surface area (Å²) in [4.78, 5) is 14.2. The fourth-order valence-electron chi connectivity index (χ4n) is 5.89. The lowest BCUT2D eigenvalue weighted by Crippen LogP contribution is -2.62. The highest BCUT2D eigenvalue weighted by molar-refractivity contribution is 6.28. The van der Waals surface area contributed by atoms with Crippen LogP contribution in [0.15, 0.2) is 30.3 Å². The van der Waals surface area contributed by atoms with Gasteiger partial charge in [0.25, 0.3) is 0 Å². The summed E-state index contributed by atoms with van der Waals surface area (Å²) in [7, 11) is 0. The summed E-state index contributed by atoms with van der Waals surface area (Å²) in [6.45, 7) is 0.0830. The van der Waals surface area contributed by atoms with Gasteiger partial charge in [0, 0.05) is 10.8 Å². The molecule has 25 heavy (non-hydrogen) atoms. The summed E-state index contributed by atoms with van der Waals surface area (Å²) in [5.74, 6) is 1.15. The highest BCUT2D eigenvalue weighted by atomic mass is 35.5. The molecular formula is C19H23Cl3N2O. The Bertz CT molecular complexity index is 657. The van der Waals surface area contributed by atoms with Gasteiger partial charge in [-0.15, -0.1) is 23.2 Å². The molecule has 6 atom stereocenters. The molecule has 4 aliphatic rings. The summed E-state index contributed by atoms with van der Waals surface area (Å²) >= 11 is 19.6. The molecule has 4 fully saturated rings. The summed E-state index contributed by atoms with van der Waals surface area (Å²) in [6, 6.07) is 10.0. The van der Waals surface area contributed by atoms with Crippen LogP contribution in [-0.2, 0) is 4.79 Å². The highest BCUT2D eigenvalue weighted by Gasteiger charge is 2.63. The number of halogens is 3. The summed E-state index contributed by atoms with van der Waals surface area (Å²) < 4.78 is 0. The Kier molecular flexibility index (Phi) is 4.73. The molecule has 2 unspecified atom stereocenters. The van der Waals surface area contributed by atoms with Crippen molar-refractivity contribution in [3.63, 3.8) is 0 Å². The van der Waals surface area contributed by atoms with Crippen molar-refractivity contribution in [3.05, 3.63) is 35.9 Å². The molecule has 1 aromatic carbocycles. The number of hydrogen-bond donors (Lipinski definition) is 2. The average molecular weight is 402 g/mol. The largest absolute Gasteiger partial charge is 0.348 e. The second kappa shape index (κ2) is 6.60. The minimum absolute atomic E-state index is 0.0830. The van der Waals surface area contributed by atoms with Gasteiger partial charge in [0.15, 0.2) is 0 Å². The van der Waals surface area contributed by atoms with E-state index in [0.717, 1.165) is 31.2 Å². The van der Waals surface area contributed by atoms with Gasteiger partial charge in [-0.1, -0.05) is 30.3 Å². The maximum atomic E-state index is 12.3. The smallest absolute Gasteiger partial charge is 0.235 e. The summed E-state index contributed by atoms with van der Waals surface area (Å²) in [6.07, 6.45) is 5.08. The third kappa shape index (κ3) is 3.29. The monoisotopic (exact) mass is 400 g/mol. The molecule has 4 bridgehead atoms. The molecule has 136 valence electrons. The Morgan fingerprint density at radius 3 is 2.60 bits per heavy atom. The van der Waals surface area contributed by atoms with E-state index in [4.69, 9.17) is 35.0 Å². The van der Waals surface area contributed by atoms with Gasteiger partial charge in [0.1, 0.15) is 0 Å². The number of benzene rings is 1. The Balaban J connectivity index is 1.68. The average Bonchev–Trinajstić information content (AvgIpc) is 2.52. The molecule has 0 aromatic heterocycles. The van der Waals surface area contributed by atoms with Crippen LogP contribution >= 0.6 is 35.0 Å². The van der Waals surface area contributed by atoms with Crippen LogP contribution < -0.4 is 10.2 Å². The van der Waals surface area contributed by atoms with Crippen LogP contribution in [0.25, 0.3) is 0 Å². The maximum Gasteiger partial charge on any atom is 0.235 e. The van der Waals surface area contributed by atoms with Gasteiger partial charge < -0.3 is 5.32 Å². The van der Waals surface area contributed by atoms with E-state index in [1.54, 1.807) is 0 Å². The molecule has 1 amide bonds. The van der Waals surface area contributed by atoms with Crippen molar-refractivity contribution in [2.45, 2.75) is 47.9 Å². The minimum atomic E-state index is -0.339. The molecule has 3 nitrogen and oxygen atoms in total. The van der Waals surface area contributed by atoms with Gasteiger partial charge >= 0.3 is 0 Å². The van der Waals surface area contributed by atoms with E-state index < -0.39 is 0 Å². The first-order valence-electron chi connectivity index (χ1n) is 8.98. The molecule has 1 aromatic rings.